The van der Waals surface area contributed by atoms with Crippen molar-refractivity contribution in [2.45, 2.75) is 20.3 Å². The molecule has 0 aliphatic rings. The Morgan fingerprint density at radius 2 is 2.36 bits per heavy atom. The molecule has 14 heavy (non-hydrogen) atoms. The highest BCUT2D eigenvalue weighted by Crippen LogP contribution is 2.13. The monoisotopic (exact) mass is 188 g/mol. The van der Waals surface area contributed by atoms with Crippen molar-refractivity contribution in [1.29, 1.82) is 0 Å². The molecule has 0 aromatic carbocycles. The predicted octanol–water partition coefficient (Wildman–Crippen LogP) is 2.02. The number of carbonyl (C=O) groups excluding carboxylic acids is 1. The second-order valence-corrected chi connectivity index (χ2v) is 3.38. The van der Waals surface area contributed by atoms with E-state index >= 15 is 0 Å². The highest BCUT2D eigenvalue weighted by atomic mass is 16.1. The molecule has 0 unspecified atom stereocenters. The normalized spacial score (nSPS) is 10.7. The van der Waals surface area contributed by atoms with E-state index in [1.807, 2.05) is 17.5 Å². The van der Waals surface area contributed by atoms with Gasteiger partial charge in [-0.05, 0) is 24.5 Å². The van der Waals surface area contributed by atoms with E-state index in [-0.39, 0.29) is 0 Å². The van der Waals surface area contributed by atoms with Crippen LogP contribution in [0.25, 0.3) is 5.65 Å². The quantitative estimate of drug-likeness (QED) is 0.676. The maximum absolute atomic E-state index is 10.7. The van der Waals surface area contributed by atoms with Crippen molar-refractivity contribution in [2.75, 3.05) is 0 Å². The first-order chi connectivity index (χ1) is 6.76. The van der Waals surface area contributed by atoms with E-state index in [0.717, 1.165) is 23.9 Å². The summed E-state index contributed by atoms with van der Waals surface area (Å²) in [4.78, 5) is 14.9. The first-order valence-corrected chi connectivity index (χ1v) is 4.68. The summed E-state index contributed by atoms with van der Waals surface area (Å²) in [5.74, 6) is 0. The van der Waals surface area contributed by atoms with Gasteiger partial charge in [0.25, 0.3) is 0 Å². The summed E-state index contributed by atoms with van der Waals surface area (Å²) in [6.07, 6.45) is 5.37. The van der Waals surface area contributed by atoms with Crippen molar-refractivity contribution >= 4 is 11.9 Å². The van der Waals surface area contributed by atoms with Crippen LogP contribution in [0.4, 0.5) is 0 Å². The van der Waals surface area contributed by atoms with Crippen molar-refractivity contribution in [3.05, 3.63) is 35.3 Å². The average Bonchev–Trinajstić information content (AvgIpc) is 2.61. The van der Waals surface area contributed by atoms with Gasteiger partial charge >= 0.3 is 0 Å². The molecule has 0 saturated heterocycles. The maximum Gasteiger partial charge on any atom is 0.168 e. The number of hydrogen-bond acceptors (Lipinski definition) is 2. The fourth-order valence-corrected chi connectivity index (χ4v) is 1.63. The summed E-state index contributed by atoms with van der Waals surface area (Å²) < 4.78 is 1.85. The Hall–Kier alpha value is -1.64. The second-order valence-electron chi connectivity index (χ2n) is 3.38. The van der Waals surface area contributed by atoms with Gasteiger partial charge in [-0.2, -0.15) is 0 Å². The van der Waals surface area contributed by atoms with Crippen LogP contribution in [-0.4, -0.2) is 15.7 Å². The lowest BCUT2D eigenvalue weighted by Crippen LogP contribution is -1.95. The van der Waals surface area contributed by atoms with E-state index in [1.54, 1.807) is 6.20 Å². The van der Waals surface area contributed by atoms with Crippen LogP contribution in [0.15, 0.2) is 18.5 Å². The minimum absolute atomic E-state index is 0.610. The van der Waals surface area contributed by atoms with Crippen LogP contribution in [0.3, 0.4) is 0 Å². The molecule has 0 amide bonds. The zero-order valence-corrected chi connectivity index (χ0v) is 8.32. The van der Waals surface area contributed by atoms with Crippen molar-refractivity contribution in [3.63, 3.8) is 0 Å². The number of hydrogen-bond donors (Lipinski definition) is 0. The van der Waals surface area contributed by atoms with Crippen LogP contribution in [0.1, 0.15) is 28.5 Å². The van der Waals surface area contributed by atoms with Crippen LogP contribution in [0.5, 0.6) is 0 Å². The van der Waals surface area contributed by atoms with Crippen LogP contribution in [0, 0.1) is 6.92 Å². The van der Waals surface area contributed by atoms with E-state index in [2.05, 4.69) is 18.0 Å². The summed E-state index contributed by atoms with van der Waals surface area (Å²) in [5, 5.41) is 0. The number of aryl methyl sites for hydroxylation is 2. The lowest BCUT2D eigenvalue weighted by molar-refractivity contribution is 0.111. The Kier molecular flexibility index (Phi) is 2.08. The van der Waals surface area contributed by atoms with Gasteiger partial charge in [-0.15, -0.1) is 0 Å². The number of pyridine rings is 1. The van der Waals surface area contributed by atoms with Crippen LogP contribution in [-0.2, 0) is 6.42 Å². The molecule has 0 fully saturated rings. The molecule has 3 heteroatoms. The molecule has 0 radical (unpaired) electrons. The molecule has 2 rings (SSSR count). The van der Waals surface area contributed by atoms with Crippen LogP contribution < -0.4 is 0 Å². The molecular weight excluding hydrogens is 176 g/mol. The lowest BCUT2D eigenvalue weighted by atomic mass is 10.2. The Morgan fingerprint density at radius 1 is 1.57 bits per heavy atom. The number of imidazole rings is 1. The number of aromatic nitrogens is 2. The van der Waals surface area contributed by atoms with E-state index in [1.165, 1.54) is 5.56 Å². The molecule has 2 heterocycles. The molecule has 0 aliphatic heterocycles. The van der Waals surface area contributed by atoms with Gasteiger partial charge in [0.2, 0.25) is 0 Å². The fraction of sp³-hybridized carbons (Fsp3) is 0.273. The molecule has 2 aromatic rings. The topological polar surface area (TPSA) is 34.4 Å². The fourth-order valence-electron chi connectivity index (χ4n) is 1.63. The molecule has 0 spiro atoms. The number of aldehydes is 1. The third-order valence-corrected chi connectivity index (χ3v) is 2.40. The van der Waals surface area contributed by atoms with Crippen LogP contribution >= 0.6 is 0 Å². The lowest BCUT2D eigenvalue weighted by Gasteiger charge is -2.03. The van der Waals surface area contributed by atoms with Crippen molar-refractivity contribution in [3.8, 4) is 0 Å². The van der Waals surface area contributed by atoms with E-state index in [4.69, 9.17) is 0 Å². The molecule has 2 aromatic heterocycles. The van der Waals surface area contributed by atoms with E-state index in [9.17, 15) is 4.79 Å². The van der Waals surface area contributed by atoms with E-state index < -0.39 is 0 Å². The zero-order chi connectivity index (χ0) is 10.1. The smallest absolute Gasteiger partial charge is 0.168 e. The highest BCUT2D eigenvalue weighted by Gasteiger charge is 2.05. The molecule has 0 saturated carbocycles. The van der Waals surface area contributed by atoms with Gasteiger partial charge in [0.1, 0.15) is 11.3 Å². The Labute approximate surface area is 82.4 Å². The predicted molar refractivity (Wildman–Crippen MR) is 54.7 cm³/mol. The Bertz CT molecular complexity index is 485. The minimum atomic E-state index is 0.610. The van der Waals surface area contributed by atoms with Crippen molar-refractivity contribution in [2.24, 2.45) is 0 Å². The first-order valence-electron chi connectivity index (χ1n) is 4.68. The molecule has 3 nitrogen and oxygen atoms in total. The van der Waals surface area contributed by atoms with Gasteiger partial charge in [-0.3, -0.25) is 9.20 Å². The van der Waals surface area contributed by atoms with Crippen LogP contribution in [0.2, 0.25) is 0 Å². The number of fused-ring (bicyclic) bond motifs is 1. The summed E-state index contributed by atoms with van der Waals surface area (Å²) >= 11 is 0. The maximum atomic E-state index is 10.7. The SMILES string of the molecule is CCc1cc(C)c2ncc(C=O)n2c1. The highest BCUT2D eigenvalue weighted by molar-refractivity contribution is 5.74. The first kappa shape index (κ1) is 8.94. The number of nitrogens with zero attached hydrogens (tertiary/aromatic N) is 2. The second kappa shape index (κ2) is 3.25. The molecule has 0 atom stereocenters. The largest absolute Gasteiger partial charge is 0.297 e. The van der Waals surface area contributed by atoms with Gasteiger partial charge in [-0.25, -0.2) is 4.98 Å². The molecule has 0 bridgehead atoms. The average molecular weight is 188 g/mol. The van der Waals surface area contributed by atoms with Crippen molar-refractivity contribution in [1.82, 2.24) is 9.38 Å². The molecule has 0 aliphatic carbocycles. The Morgan fingerprint density at radius 3 is 3.00 bits per heavy atom. The zero-order valence-electron chi connectivity index (χ0n) is 8.32. The van der Waals surface area contributed by atoms with Gasteiger partial charge in [0.05, 0.1) is 6.20 Å². The van der Waals surface area contributed by atoms with Crippen molar-refractivity contribution < 1.29 is 4.79 Å². The summed E-state index contributed by atoms with van der Waals surface area (Å²) in [6.45, 7) is 4.11. The summed E-state index contributed by atoms with van der Waals surface area (Å²) in [6, 6.07) is 2.11. The summed E-state index contributed by atoms with van der Waals surface area (Å²) in [5.41, 5.74) is 3.80. The minimum Gasteiger partial charge on any atom is -0.297 e. The van der Waals surface area contributed by atoms with E-state index in [0.29, 0.717) is 5.69 Å². The molecule has 72 valence electrons. The van der Waals surface area contributed by atoms with Gasteiger partial charge in [0, 0.05) is 6.20 Å². The standard InChI is InChI=1S/C11H12N2O/c1-3-9-4-8(2)11-12-5-10(7-14)13(11)6-9/h4-7H,3H2,1-2H3. The summed E-state index contributed by atoms with van der Waals surface area (Å²) in [7, 11) is 0. The van der Waals surface area contributed by atoms with Gasteiger partial charge in [0.15, 0.2) is 6.29 Å². The molecular formula is C11H12N2O. The Balaban J connectivity index is 2.79. The van der Waals surface area contributed by atoms with Gasteiger partial charge < -0.3 is 0 Å². The number of carbonyl (C=O) groups is 1. The third-order valence-electron chi connectivity index (χ3n) is 2.40. The third kappa shape index (κ3) is 1.21. The number of rotatable bonds is 2. The molecule has 0 N–H and O–H groups in total. The van der Waals surface area contributed by atoms with Gasteiger partial charge in [-0.1, -0.05) is 13.0 Å².